The van der Waals surface area contributed by atoms with Gasteiger partial charge in [0.05, 0.1) is 6.17 Å². The third kappa shape index (κ3) is 2.65. The van der Waals surface area contributed by atoms with E-state index in [1.54, 1.807) is 17.4 Å². The molecule has 1 atom stereocenters. The number of amides is 1. The number of hydrogen-bond acceptors (Lipinski definition) is 3. The first-order valence-electron chi connectivity index (χ1n) is 6.59. The van der Waals surface area contributed by atoms with Gasteiger partial charge in [-0.1, -0.05) is 6.07 Å². The van der Waals surface area contributed by atoms with E-state index < -0.39 is 0 Å². The number of hydrogen-bond donors (Lipinski definition) is 2. The summed E-state index contributed by atoms with van der Waals surface area (Å²) in [6, 6.07) is 4.61. The lowest BCUT2D eigenvalue weighted by atomic mass is 9.79. The maximum atomic E-state index is 11.8. The smallest absolute Gasteiger partial charge is 0.245 e. The molecule has 3 nitrogen and oxygen atoms in total. The van der Waals surface area contributed by atoms with E-state index in [0.29, 0.717) is 12.0 Å². The second-order valence-electron chi connectivity index (χ2n) is 5.11. The van der Waals surface area contributed by atoms with Crippen molar-refractivity contribution in [2.75, 3.05) is 0 Å². The van der Waals surface area contributed by atoms with Crippen molar-refractivity contribution in [3.05, 3.63) is 28.5 Å². The third-order valence-corrected chi connectivity index (χ3v) is 4.74. The predicted octanol–water partition coefficient (Wildman–Crippen LogP) is 2.37. The fourth-order valence-electron chi connectivity index (χ4n) is 2.91. The molecule has 4 heteroatoms. The van der Waals surface area contributed by atoms with Crippen LogP contribution in [0.4, 0.5) is 0 Å². The molecule has 2 bridgehead atoms. The van der Waals surface area contributed by atoms with Gasteiger partial charge in [-0.25, -0.2) is 0 Å². The normalized spacial score (nSPS) is 30.8. The molecule has 3 aliphatic rings. The van der Waals surface area contributed by atoms with Gasteiger partial charge >= 0.3 is 0 Å². The molecule has 2 saturated heterocycles. The number of piperidine rings is 2. The van der Waals surface area contributed by atoms with E-state index in [0.717, 1.165) is 4.88 Å². The maximum absolute atomic E-state index is 11.8. The van der Waals surface area contributed by atoms with Crippen LogP contribution in [-0.4, -0.2) is 18.1 Å². The molecule has 1 aliphatic carbocycles. The molecule has 1 saturated carbocycles. The molecule has 96 valence electrons. The zero-order valence-electron chi connectivity index (χ0n) is 10.3. The van der Waals surface area contributed by atoms with Gasteiger partial charge in [0.25, 0.3) is 0 Å². The Morgan fingerprint density at radius 3 is 2.83 bits per heavy atom. The number of carbonyl (C=O) groups is 1. The average Bonchev–Trinajstić information content (AvgIpc) is 2.91. The van der Waals surface area contributed by atoms with Gasteiger partial charge < -0.3 is 5.32 Å². The molecule has 1 aromatic rings. The number of carbonyl (C=O) groups excluding carboxylic acids is 1. The van der Waals surface area contributed by atoms with Gasteiger partial charge in [-0.2, -0.15) is 0 Å². The van der Waals surface area contributed by atoms with Gasteiger partial charge in [-0.15, -0.1) is 11.3 Å². The van der Waals surface area contributed by atoms with Crippen molar-refractivity contribution < 1.29 is 4.79 Å². The fourth-order valence-corrected chi connectivity index (χ4v) is 3.53. The Balaban J connectivity index is 1.55. The molecule has 0 spiro atoms. The minimum atomic E-state index is 0.00782. The van der Waals surface area contributed by atoms with Crippen molar-refractivity contribution in [3.63, 3.8) is 0 Å². The number of thiophene rings is 1. The Kier molecular flexibility index (Phi) is 3.48. The molecule has 3 fully saturated rings. The fraction of sp³-hybridized carbons (Fsp3) is 0.500. The van der Waals surface area contributed by atoms with Crippen molar-refractivity contribution in [1.29, 1.82) is 0 Å². The van der Waals surface area contributed by atoms with E-state index in [4.69, 9.17) is 0 Å². The lowest BCUT2D eigenvalue weighted by molar-refractivity contribution is -0.118. The average molecular weight is 262 g/mol. The summed E-state index contributed by atoms with van der Waals surface area (Å²) in [6.07, 6.45) is 8.72. The predicted molar refractivity (Wildman–Crippen MR) is 74.2 cm³/mol. The van der Waals surface area contributed by atoms with Crippen LogP contribution in [0.5, 0.6) is 0 Å². The zero-order valence-corrected chi connectivity index (χ0v) is 11.1. The highest BCUT2D eigenvalue weighted by molar-refractivity contribution is 7.10. The van der Waals surface area contributed by atoms with E-state index in [9.17, 15) is 4.79 Å². The standard InChI is InChI=1S/C14H18N2OS/c17-13(8-7-12-2-1-9-18-12)16-14-10-3-5-11(15-14)6-4-10/h1-2,7-11,14-15H,3-6H2,(H,16,17). The lowest BCUT2D eigenvalue weighted by Crippen LogP contribution is -2.59. The number of rotatable bonds is 3. The highest BCUT2D eigenvalue weighted by atomic mass is 32.1. The Labute approximate surface area is 111 Å². The van der Waals surface area contributed by atoms with Crippen molar-refractivity contribution in [3.8, 4) is 0 Å². The van der Waals surface area contributed by atoms with Gasteiger partial charge in [0, 0.05) is 17.0 Å². The summed E-state index contributed by atoms with van der Waals surface area (Å²) in [5.41, 5.74) is 0. The van der Waals surface area contributed by atoms with E-state index in [1.165, 1.54) is 25.7 Å². The first kappa shape index (κ1) is 11.9. The summed E-state index contributed by atoms with van der Waals surface area (Å²) < 4.78 is 0. The topological polar surface area (TPSA) is 41.1 Å². The van der Waals surface area contributed by atoms with Crippen LogP contribution in [0.2, 0.25) is 0 Å². The molecule has 2 N–H and O–H groups in total. The highest BCUT2D eigenvalue weighted by Crippen LogP contribution is 2.31. The van der Waals surface area contributed by atoms with Crippen LogP contribution in [-0.2, 0) is 4.79 Å². The summed E-state index contributed by atoms with van der Waals surface area (Å²) >= 11 is 1.64. The Hall–Kier alpha value is -1.13. The molecule has 0 radical (unpaired) electrons. The third-order valence-electron chi connectivity index (χ3n) is 3.90. The first-order chi connectivity index (χ1) is 8.81. The second-order valence-corrected chi connectivity index (χ2v) is 6.09. The summed E-state index contributed by atoms with van der Waals surface area (Å²) in [4.78, 5) is 13.0. The van der Waals surface area contributed by atoms with Crippen LogP contribution in [0.15, 0.2) is 23.6 Å². The zero-order chi connectivity index (χ0) is 12.4. The SMILES string of the molecule is O=C(C=Cc1cccs1)NC1NC2CCC1CC2. The van der Waals surface area contributed by atoms with E-state index >= 15 is 0 Å². The van der Waals surface area contributed by atoms with Gasteiger partial charge in [-0.3, -0.25) is 10.1 Å². The van der Waals surface area contributed by atoms with Crippen LogP contribution in [0.1, 0.15) is 30.6 Å². The van der Waals surface area contributed by atoms with E-state index in [1.807, 2.05) is 23.6 Å². The van der Waals surface area contributed by atoms with Crippen LogP contribution in [0.3, 0.4) is 0 Å². The molecule has 3 heterocycles. The quantitative estimate of drug-likeness (QED) is 0.821. The minimum absolute atomic E-state index is 0.00782. The Bertz CT molecular complexity index is 433. The number of fused-ring (bicyclic) bond motifs is 3. The first-order valence-corrected chi connectivity index (χ1v) is 7.47. The van der Waals surface area contributed by atoms with Crippen LogP contribution in [0, 0.1) is 5.92 Å². The second kappa shape index (κ2) is 5.24. The summed E-state index contributed by atoms with van der Waals surface area (Å²) in [5, 5.41) is 8.61. The van der Waals surface area contributed by atoms with Crippen molar-refractivity contribution in [2.24, 2.45) is 5.92 Å². The minimum Gasteiger partial charge on any atom is -0.337 e. The maximum Gasteiger partial charge on any atom is 0.245 e. The highest BCUT2D eigenvalue weighted by Gasteiger charge is 2.35. The van der Waals surface area contributed by atoms with E-state index in [2.05, 4.69) is 10.6 Å². The Morgan fingerprint density at radius 1 is 1.39 bits per heavy atom. The largest absolute Gasteiger partial charge is 0.337 e. The molecule has 1 amide bonds. The van der Waals surface area contributed by atoms with Gasteiger partial charge in [-0.05, 0) is 49.1 Å². The molecular formula is C14H18N2OS. The summed E-state index contributed by atoms with van der Waals surface area (Å²) in [5.74, 6) is 0.627. The van der Waals surface area contributed by atoms with Crippen molar-refractivity contribution in [1.82, 2.24) is 10.6 Å². The summed E-state index contributed by atoms with van der Waals surface area (Å²) in [7, 11) is 0. The van der Waals surface area contributed by atoms with Crippen LogP contribution >= 0.6 is 11.3 Å². The Morgan fingerprint density at radius 2 is 2.22 bits per heavy atom. The molecule has 2 aliphatic heterocycles. The molecule has 0 aromatic carbocycles. The molecule has 4 rings (SSSR count). The molecule has 18 heavy (non-hydrogen) atoms. The lowest BCUT2D eigenvalue weighted by Gasteiger charge is -2.43. The van der Waals surface area contributed by atoms with Crippen molar-refractivity contribution >= 4 is 23.3 Å². The summed E-state index contributed by atoms with van der Waals surface area (Å²) in [6.45, 7) is 0. The van der Waals surface area contributed by atoms with Gasteiger partial charge in [0.2, 0.25) is 5.91 Å². The van der Waals surface area contributed by atoms with Gasteiger partial charge in [0.1, 0.15) is 0 Å². The van der Waals surface area contributed by atoms with Crippen LogP contribution in [0.25, 0.3) is 6.08 Å². The monoisotopic (exact) mass is 262 g/mol. The van der Waals surface area contributed by atoms with Crippen LogP contribution < -0.4 is 10.6 Å². The number of nitrogens with one attached hydrogen (secondary N) is 2. The van der Waals surface area contributed by atoms with Gasteiger partial charge in [0.15, 0.2) is 0 Å². The molecule has 1 aromatic heterocycles. The van der Waals surface area contributed by atoms with Crippen molar-refractivity contribution in [2.45, 2.75) is 37.9 Å². The molecular weight excluding hydrogens is 244 g/mol. The van der Waals surface area contributed by atoms with E-state index in [-0.39, 0.29) is 12.1 Å². The molecule has 1 unspecified atom stereocenters.